The fraction of sp³-hybridized carbons (Fsp3) is 0.294. The highest BCUT2D eigenvalue weighted by Crippen LogP contribution is 2.53. The Morgan fingerprint density at radius 1 is 1.42 bits per heavy atom. The average Bonchev–Trinajstić information content (AvgIpc) is 3.37. The second kappa shape index (κ2) is 5.91. The number of carbonyl (C=O) groups is 1. The molecule has 134 valence electrons. The minimum atomic E-state index is -0.886. The number of fused-ring (bicyclic) bond motifs is 1. The summed E-state index contributed by atoms with van der Waals surface area (Å²) in [6.45, 7) is 1.79. The zero-order valence-electron chi connectivity index (χ0n) is 13.7. The van der Waals surface area contributed by atoms with Crippen LogP contribution >= 0.6 is 11.6 Å². The molecule has 2 unspecified atom stereocenters. The van der Waals surface area contributed by atoms with Gasteiger partial charge in [-0.1, -0.05) is 11.6 Å². The summed E-state index contributed by atoms with van der Waals surface area (Å²) in [7, 11) is 0. The van der Waals surface area contributed by atoms with E-state index in [-0.39, 0.29) is 29.3 Å². The molecule has 1 amide bonds. The van der Waals surface area contributed by atoms with Crippen LogP contribution in [0.15, 0.2) is 35.6 Å². The number of rotatable bonds is 3. The van der Waals surface area contributed by atoms with Crippen molar-refractivity contribution in [2.45, 2.75) is 25.0 Å². The zero-order chi connectivity index (χ0) is 18.5. The molecule has 1 aliphatic carbocycles. The van der Waals surface area contributed by atoms with E-state index in [4.69, 9.17) is 22.1 Å². The molecule has 7 nitrogen and oxygen atoms in total. The first-order chi connectivity index (χ1) is 12.4. The molecule has 0 spiro atoms. The molecule has 9 heteroatoms. The van der Waals surface area contributed by atoms with Crippen molar-refractivity contribution in [3.63, 3.8) is 0 Å². The van der Waals surface area contributed by atoms with Crippen molar-refractivity contribution < 1.29 is 13.9 Å². The van der Waals surface area contributed by atoms with E-state index in [1.807, 2.05) is 0 Å². The molecule has 0 aromatic carbocycles. The molecule has 4 rings (SSSR count). The fourth-order valence-electron chi connectivity index (χ4n) is 3.22. The summed E-state index contributed by atoms with van der Waals surface area (Å²) in [5.74, 6) is -1.08. The van der Waals surface area contributed by atoms with Crippen molar-refractivity contribution in [2.75, 3.05) is 5.32 Å². The van der Waals surface area contributed by atoms with Crippen molar-refractivity contribution in [1.29, 1.82) is 0 Å². The van der Waals surface area contributed by atoms with Gasteiger partial charge in [-0.15, -0.1) is 0 Å². The predicted octanol–water partition coefficient (Wildman–Crippen LogP) is 2.47. The number of nitrogens with zero attached hydrogens (tertiary/aromatic N) is 3. The minimum absolute atomic E-state index is 0.0231. The maximum Gasteiger partial charge on any atom is 0.283 e. The SMILES string of the molecule is C[C@@]1(c2cc(NC(=O)c3ccc(Cl)cn3)cnc2F)N=C(N)OC2CC21. The van der Waals surface area contributed by atoms with Crippen LogP contribution in [0.5, 0.6) is 0 Å². The van der Waals surface area contributed by atoms with Crippen molar-refractivity contribution in [1.82, 2.24) is 9.97 Å². The number of carbonyl (C=O) groups excluding carboxylic acids is 1. The van der Waals surface area contributed by atoms with E-state index in [9.17, 15) is 9.18 Å². The van der Waals surface area contributed by atoms with Gasteiger partial charge in [-0.05, 0) is 31.5 Å². The Morgan fingerprint density at radius 3 is 2.96 bits per heavy atom. The van der Waals surface area contributed by atoms with Crippen LogP contribution in [0.1, 0.15) is 29.4 Å². The Morgan fingerprint density at radius 2 is 2.23 bits per heavy atom. The van der Waals surface area contributed by atoms with Gasteiger partial charge in [-0.2, -0.15) is 4.39 Å². The second-order valence-corrected chi connectivity index (χ2v) is 6.91. The number of hydrogen-bond donors (Lipinski definition) is 2. The normalized spacial score (nSPS) is 26.3. The maximum atomic E-state index is 14.4. The van der Waals surface area contributed by atoms with E-state index in [1.54, 1.807) is 13.0 Å². The Bertz CT molecular complexity index is 920. The van der Waals surface area contributed by atoms with E-state index in [0.717, 1.165) is 6.42 Å². The van der Waals surface area contributed by atoms with Gasteiger partial charge < -0.3 is 15.8 Å². The monoisotopic (exact) mass is 375 g/mol. The van der Waals surface area contributed by atoms with Crippen LogP contribution in [-0.2, 0) is 10.3 Å². The third-order valence-electron chi connectivity index (χ3n) is 4.67. The molecule has 0 saturated heterocycles. The van der Waals surface area contributed by atoms with Crippen LogP contribution in [0.25, 0.3) is 0 Å². The highest BCUT2D eigenvalue weighted by Gasteiger charge is 2.57. The van der Waals surface area contributed by atoms with Gasteiger partial charge in [0, 0.05) is 17.7 Å². The Balaban J connectivity index is 1.64. The van der Waals surface area contributed by atoms with E-state index >= 15 is 0 Å². The molecule has 3 atom stereocenters. The smallest absolute Gasteiger partial charge is 0.283 e. The Labute approximate surface area is 153 Å². The number of ether oxygens (including phenoxy) is 1. The number of amidine groups is 1. The number of nitrogens with two attached hydrogens (primary N) is 1. The van der Waals surface area contributed by atoms with Crippen LogP contribution < -0.4 is 11.1 Å². The minimum Gasteiger partial charge on any atom is -0.462 e. The lowest BCUT2D eigenvalue weighted by atomic mass is 9.87. The van der Waals surface area contributed by atoms with E-state index in [0.29, 0.717) is 10.7 Å². The van der Waals surface area contributed by atoms with Gasteiger partial charge in [0.05, 0.1) is 22.4 Å². The van der Waals surface area contributed by atoms with Gasteiger partial charge in [0.15, 0.2) is 0 Å². The molecule has 1 aliphatic heterocycles. The maximum absolute atomic E-state index is 14.4. The first-order valence-electron chi connectivity index (χ1n) is 7.98. The van der Waals surface area contributed by atoms with Crippen LogP contribution in [0.2, 0.25) is 5.02 Å². The second-order valence-electron chi connectivity index (χ2n) is 6.47. The summed E-state index contributed by atoms with van der Waals surface area (Å²) in [6.07, 6.45) is 3.30. The van der Waals surface area contributed by atoms with E-state index in [2.05, 4.69) is 20.3 Å². The van der Waals surface area contributed by atoms with E-state index < -0.39 is 17.4 Å². The number of hydrogen-bond acceptors (Lipinski definition) is 6. The number of pyridine rings is 2. The number of halogens is 2. The van der Waals surface area contributed by atoms with Crippen LogP contribution in [-0.4, -0.2) is 28.0 Å². The average molecular weight is 376 g/mol. The molecular formula is C17H15ClFN5O2. The summed E-state index contributed by atoms with van der Waals surface area (Å²) >= 11 is 5.77. The number of aromatic nitrogens is 2. The molecule has 3 N–H and O–H groups in total. The van der Waals surface area contributed by atoms with Gasteiger partial charge in [0.2, 0.25) is 5.95 Å². The number of nitrogens with one attached hydrogen (secondary N) is 1. The lowest BCUT2D eigenvalue weighted by Gasteiger charge is -2.30. The largest absolute Gasteiger partial charge is 0.462 e. The molecule has 1 saturated carbocycles. The summed E-state index contributed by atoms with van der Waals surface area (Å²) in [4.78, 5) is 24.3. The molecule has 0 radical (unpaired) electrons. The standard InChI is InChI=1S/C17H15ClFN5O2/c1-17(10-5-13(10)26-16(20)24-17)11-4-9(7-22-14(11)19)23-15(25)12-3-2-8(18)6-21-12/h2-4,6-7,10,13H,5H2,1H3,(H2,20,24)(H,23,25)/t10?,13?,17-/m1/s1. The molecule has 2 aliphatic rings. The van der Waals surface area contributed by atoms with Crippen LogP contribution in [0.3, 0.4) is 0 Å². The molecule has 1 fully saturated rings. The number of anilines is 1. The van der Waals surface area contributed by atoms with Crippen LogP contribution in [0, 0.1) is 11.9 Å². The highest BCUT2D eigenvalue weighted by molar-refractivity contribution is 6.30. The molecule has 3 heterocycles. The molecule has 2 aromatic heterocycles. The fourth-order valence-corrected chi connectivity index (χ4v) is 3.34. The van der Waals surface area contributed by atoms with Crippen molar-refractivity contribution in [3.8, 4) is 0 Å². The quantitative estimate of drug-likeness (QED) is 0.802. The first kappa shape index (κ1) is 16.7. The third kappa shape index (κ3) is 2.86. The van der Waals surface area contributed by atoms with Gasteiger partial charge in [-0.25, -0.2) is 15.0 Å². The van der Waals surface area contributed by atoms with Gasteiger partial charge in [-0.3, -0.25) is 4.79 Å². The van der Waals surface area contributed by atoms with Crippen molar-refractivity contribution in [3.05, 3.63) is 52.8 Å². The predicted molar refractivity (Wildman–Crippen MR) is 93.3 cm³/mol. The molecule has 0 bridgehead atoms. The Kier molecular flexibility index (Phi) is 3.80. The van der Waals surface area contributed by atoms with E-state index in [1.165, 1.54) is 24.5 Å². The van der Waals surface area contributed by atoms with Gasteiger partial charge in [0.25, 0.3) is 11.9 Å². The summed E-state index contributed by atoms with van der Waals surface area (Å²) < 4.78 is 19.8. The lowest BCUT2D eigenvalue weighted by molar-refractivity contribution is 0.102. The van der Waals surface area contributed by atoms with Crippen LogP contribution in [0.4, 0.5) is 10.1 Å². The topological polar surface area (TPSA) is 102 Å². The van der Waals surface area contributed by atoms with Crippen molar-refractivity contribution in [2.24, 2.45) is 16.6 Å². The summed E-state index contributed by atoms with van der Waals surface area (Å²) in [5, 5.41) is 3.08. The third-order valence-corrected chi connectivity index (χ3v) is 4.89. The highest BCUT2D eigenvalue weighted by atomic mass is 35.5. The number of amides is 1. The number of aliphatic imine (C=N–C) groups is 1. The summed E-state index contributed by atoms with van der Waals surface area (Å²) in [5.41, 5.74) is 5.61. The lowest BCUT2D eigenvalue weighted by Crippen LogP contribution is -2.36. The first-order valence-corrected chi connectivity index (χ1v) is 8.35. The zero-order valence-corrected chi connectivity index (χ0v) is 14.5. The van der Waals surface area contributed by atoms with Gasteiger partial charge >= 0.3 is 0 Å². The Hall–Kier alpha value is -2.74. The molecule has 2 aromatic rings. The molecular weight excluding hydrogens is 361 g/mol. The van der Waals surface area contributed by atoms with Crippen molar-refractivity contribution >= 4 is 29.2 Å². The summed E-state index contributed by atoms with van der Waals surface area (Å²) in [6, 6.07) is 4.61. The van der Waals surface area contributed by atoms with Gasteiger partial charge in [0.1, 0.15) is 11.8 Å². The molecule has 26 heavy (non-hydrogen) atoms.